The van der Waals surface area contributed by atoms with Crippen molar-refractivity contribution in [1.29, 1.82) is 0 Å². The number of rotatable bonds is 7. The summed E-state index contributed by atoms with van der Waals surface area (Å²) in [5.74, 6) is 0. The van der Waals surface area contributed by atoms with Crippen LogP contribution >= 0.6 is 11.3 Å². The third-order valence-corrected chi connectivity index (χ3v) is 4.13. The molecule has 1 N–H and O–H groups in total. The van der Waals surface area contributed by atoms with Crippen molar-refractivity contribution in [2.75, 3.05) is 6.54 Å². The number of nitrogens with one attached hydrogen (secondary N) is 1. The lowest BCUT2D eigenvalue weighted by atomic mass is 10.1. The molecule has 1 heterocycles. The maximum atomic E-state index is 3.54. The number of hydrogen-bond donors (Lipinski definition) is 1. The fraction of sp³-hybridized carbons (Fsp3) is 0.375. The van der Waals surface area contributed by atoms with Gasteiger partial charge in [0.25, 0.3) is 0 Å². The van der Waals surface area contributed by atoms with Crippen LogP contribution in [0.3, 0.4) is 0 Å². The second-order valence-corrected chi connectivity index (χ2v) is 5.49. The number of hydrogen-bond acceptors (Lipinski definition) is 2. The zero-order chi connectivity index (χ0) is 12.6. The van der Waals surface area contributed by atoms with Crippen molar-refractivity contribution in [2.45, 2.75) is 32.7 Å². The summed E-state index contributed by atoms with van der Waals surface area (Å²) >= 11 is 1.87. The van der Waals surface area contributed by atoms with Crippen molar-refractivity contribution in [2.24, 2.45) is 0 Å². The molecule has 0 saturated carbocycles. The van der Waals surface area contributed by atoms with Crippen molar-refractivity contribution < 1.29 is 0 Å². The molecule has 1 aromatic carbocycles. The number of aryl methyl sites for hydroxylation is 2. The Morgan fingerprint density at radius 2 is 1.94 bits per heavy atom. The fourth-order valence-electron chi connectivity index (χ4n) is 2.10. The van der Waals surface area contributed by atoms with E-state index in [0.717, 1.165) is 19.5 Å². The van der Waals surface area contributed by atoms with Crippen molar-refractivity contribution >= 4 is 11.3 Å². The lowest BCUT2D eigenvalue weighted by Crippen LogP contribution is -2.15. The summed E-state index contributed by atoms with van der Waals surface area (Å²) in [7, 11) is 0. The van der Waals surface area contributed by atoms with Crippen LogP contribution in [-0.4, -0.2) is 6.54 Å². The zero-order valence-electron chi connectivity index (χ0n) is 11.0. The highest BCUT2D eigenvalue weighted by atomic mass is 32.1. The first-order valence-corrected chi connectivity index (χ1v) is 7.58. The Hall–Kier alpha value is -1.12. The van der Waals surface area contributed by atoms with Crippen molar-refractivity contribution in [3.05, 3.63) is 57.8 Å². The van der Waals surface area contributed by atoms with Gasteiger partial charge in [0.05, 0.1) is 0 Å². The first kappa shape index (κ1) is 13.3. The molecule has 0 amide bonds. The van der Waals surface area contributed by atoms with E-state index in [1.807, 2.05) is 11.3 Å². The standard InChI is InChI=1S/C16H21NS/c1-2-15-10-12-18-16(15)13-17-11-6-9-14-7-4-3-5-8-14/h3-5,7-8,10,12,17H,2,6,9,11,13H2,1H3. The van der Waals surface area contributed by atoms with Crippen LogP contribution < -0.4 is 5.32 Å². The normalized spacial score (nSPS) is 10.7. The van der Waals surface area contributed by atoms with Crippen LogP contribution in [0.15, 0.2) is 41.8 Å². The van der Waals surface area contributed by atoms with E-state index in [4.69, 9.17) is 0 Å². The van der Waals surface area contributed by atoms with Crippen LogP contribution in [0.25, 0.3) is 0 Å². The van der Waals surface area contributed by atoms with Gasteiger partial charge in [0.15, 0.2) is 0 Å². The van der Waals surface area contributed by atoms with Gasteiger partial charge < -0.3 is 5.32 Å². The molecule has 0 spiro atoms. The molecule has 0 bridgehead atoms. The van der Waals surface area contributed by atoms with E-state index in [0.29, 0.717) is 0 Å². The Morgan fingerprint density at radius 1 is 1.11 bits per heavy atom. The second-order valence-electron chi connectivity index (χ2n) is 4.49. The molecule has 18 heavy (non-hydrogen) atoms. The topological polar surface area (TPSA) is 12.0 Å². The quantitative estimate of drug-likeness (QED) is 0.740. The van der Waals surface area contributed by atoms with E-state index in [1.54, 1.807) is 0 Å². The summed E-state index contributed by atoms with van der Waals surface area (Å²) in [5.41, 5.74) is 2.93. The van der Waals surface area contributed by atoms with Crippen LogP contribution in [0.4, 0.5) is 0 Å². The minimum Gasteiger partial charge on any atom is -0.312 e. The van der Waals surface area contributed by atoms with Gasteiger partial charge in [-0.15, -0.1) is 11.3 Å². The van der Waals surface area contributed by atoms with Gasteiger partial charge >= 0.3 is 0 Å². The van der Waals surface area contributed by atoms with Gasteiger partial charge in [-0.2, -0.15) is 0 Å². The average Bonchev–Trinajstić information content (AvgIpc) is 2.87. The van der Waals surface area contributed by atoms with Crippen molar-refractivity contribution in [1.82, 2.24) is 5.32 Å². The van der Waals surface area contributed by atoms with Gasteiger partial charge in [-0.05, 0) is 48.4 Å². The van der Waals surface area contributed by atoms with Crippen molar-refractivity contribution in [3.8, 4) is 0 Å². The predicted octanol–water partition coefficient (Wildman–Crippen LogP) is 4.03. The highest BCUT2D eigenvalue weighted by Gasteiger charge is 2.01. The number of benzene rings is 1. The number of thiophene rings is 1. The zero-order valence-corrected chi connectivity index (χ0v) is 11.8. The van der Waals surface area contributed by atoms with Crippen LogP contribution in [-0.2, 0) is 19.4 Å². The van der Waals surface area contributed by atoms with Gasteiger partial charge in [-0.3, -0.25) is 0 Å². The van der Waals surface area contributed by atoms with Crippen LogP contribution in [0.2, 0.25) is 0 Å². The van der Waals surface area contributed by atoms with Gasteiger partial charge in [0.1, 0.15) is 0 Å². The SMILES string of the molecule is CCc1ccsc1CNCCCc1ccccc1. The van der Waals surface area contributed by atoms with Crippen molar-refractivity contribution in [3.63, 3.8) is 0 Å². The summed E-state index contributed by atoms with van der Waals surface area (Å²) in [6.45, 7) is 4.34. The lowest BCUT2D eigenvalue weighted by molar-refractivity contribution is 0.652. The molecule has 0 atom stereocenters. The predicted molar refractivity (Wildman–Crippen MR) is 80.2 cm³/mol. The smallest absolute Gasteiger partial charge is 0.0302 e. The molecule has 0 radical (unpaired) electrons. The summed E-state index contributed by atoms with van der Waals surface area (Å²) in [5, 5.41) is 5.74. The molecule has 0 aliphatic carbocycles. The second kappa shape index (κ2) is 7.34. The van der Waals surface area contributed by atoms with Crippen LogP contribution in [0, 0.1) is 0 Å². The summed E-state index contributed by atoms with van der Waals surface area (Å²) in [6.07, 6.45) is 3.51. The van der Waals surface area contributed by atoms with Gasteiger partial charge in [0, 0.05) is 11.4 Å². The van der Waals surface area contributed by atoms with E-state index >= 15 is 0 Å². The Kier molecular flexibility index (Phi) is 5.43. The first-order chi connectivity index (χ1) is 8.90. The maximum Gasteiger partial charge on any atom is 0.0302 e. The molecule has 0 aliphatic heterocycles. The molecular formula is C16H21NS. The third kappa shape index (κ3) is 3.97. The average molecular weight is 259 g/mol. The Morgan fingerprint density at radius 3 is 2.72 bits per heavy atom. The van der Waals surface area contributed by atoms with Gasteiger partial charge in [-0.25, -0.2) is 0 Å². The molecule has 2 heteroatoms. The third-order valence-electron chi connectivity index (χ3n) is 3.17. The molecule has 2 aromatic rings. The molecule has 96 valence electrons. The van der Waals surface area contributed by atoms with E-state index < -0.39 is 0 Å². The maximum absolute atomic E-state index is 3.54. The van der Waals surface area contributed by atoms with Gasteiger partial charge in [-0.1, -0.05) is 37.3 Å². The minimum absolute atomic E-state index is 1.02. The first-order valence-electron chi connectivity index (χ1n) is 6.70. The summed E-state index contributed by atoms with van der Waals surface area (Å²) < 4.78 is 0. The molecule has 0 unspecified atom stereocenters. The Balaban J connectivity index is 1.65. The Bertz CT molecular complexity index is 447. The minimum atomic E-state index is 1.02. The largest absolute Gasteiger partial charge is 0.312 e. The van der Waals surface area contributed by atoms with E-state index in [9.17, 15) is 0 Å². The molecule has 2 rings (SSSR count). The van der Waals surface area contributed by atoms with E-state index in [2.05, 4.69) is 54.0 Å². The lowest BCUT2D eigenvalue weighted by Gasteiger charge is -2.05. The molecule has 0 fully saturated rings. The molecule has 1 aromatic heterocycles. The summed E-state index contributed by atoms with van der Waals surface area (Å²) in [4.78, 5) is 1.50. The highest BCUT2D eigenvalue weighted by Crippen LogP contribution is 2.16. The van der Waals surface area contributed by atoms with Crippen LogP contribution in [0.1, 0.15) is 29.3 Å². The Labute approximate surface area is 114 Å². The fourth-order valence-corrected chi connectivity index (χ4v) is 3.05. The monoisotopic (exact) mass is 259 g/mol. The van der Waals surface area contributed by atoms with Crippen LogP contribution in [0.5, 0.6) is 0 Å². The molecule has 1 nitrogen and oxygen atoms in total. The molecule has 0 aliphatic rings. The highest BCUT2D eigenvalue weighted by molar-refractivity contribution is 7.10. The summed E-state index contributed by atoms with van der Waals surface area (Å²) in [6, 6.07) is 12.9. The van der Waals surface area contributed by atoms with Gasteiger partial charge in [0.2, 0.25) is 0 Å². The molecule has 0 saturated heterocycles. The molecular weight excluding hydrogens is 238 g/mol. The van der Waals surface area contributed by atoms with E-state index in [1.165, 1.54) is 28.8 Å². The van der Waals surface area contributed by atoms with E-state index in [-0.39, 0.29) is 0 Å².